The number of amides is 1. The van der Waals surface area contributed by atoms with Crippen molar-refractivity contribution < 1.29 is 14.4 Å². The normalized spacial score (nSPS) is 17.0. The molecule has 0 spiro atoms. The Morgan fingerprint density at radius 3 is 2.56 bits per heavy atom. The number of ether oxygens (including phenoxy) is 1. The molecule has 2 rings (SSSR count). The molecule has 0 aliphatic carbocycles. The molecule has 0 radical (unpaired) electrons. The van der Waals surface area contributed by atoms with Crippen LogP contribution in [0.15, 0.2) is 29.4 Å². The van der Waals surface area contributed by atoms with Crippen molar-refractivity contribution >= 4 is 11.6 Å². The van der Waals surface area contributed by atoms with E-state index in [9.17, 15) is 4.79 Å². The van der Waals surface area contributed by atoms with E-state index in [1.807, 2.05) is 29.2 Å². The molecular formula is C20H30N2O3. The van der Waals surface area contributed by atoms with Gasteiger partial charge >= 0.3 is 0 Å². The van der Waals surface area contributed by atoms with Gasteiger partial charge in [0.05, 0.1) is 19.4 Å². The highest BCUT2D eigenvalue weighted by Crippen LogP contribution is 2.23. The van der Waals surface area contributed by atoms with Gasteiger partial charge in [-0.3, -0.25) is 4.79 Å². The highest BCUT2D eigenvalue weighted by Gasteiger charge is 2.28. The molecule has 1 amide bonds. The first-order chi connectivity index (χ1) is 11.8. The third-order valence-corrected chi connectivity index (χ3v) is 4.11. The number of hydrogen-bond acceptors (Lipinski definition) is 4. The van der Waals surface area contributed by atoms with E-state index < -0.39 is 0 Å². The molecule has 0 saturated heterocycles. The maximum atomic E-state index is 12.6. The molecule has 5 heteroatoms. The monoisotopic (exact) mass is 346 g/mol. The van der Waals surface area contributed by atoms with Crippen LogP contribution in [0.4, 0.5) is 0 Å². The fraction of sp³-hybridized carbons (Fsp3) is 0.600. The van der Waals surface area contributed by atoms with Crippen LogP contribution in [0.1, 0.15) is 52.5 Å². The summed E-state index contributed by atoms with van der Waals surface area (Å²) in [5.41, 5.74) is 1.95. The van der Waals surface area contributed by atoms with E-state index in [2.05, 4.69) is 32.9 Å². The largest absolute Gasteiger partial charge is 0.497 e. The molecule has 0 fully saturated rings. The van der Waals surface area contributed by atoms with Crippen LogP contribution < -0.4 is 4.74 Å². The molecule has 1 unspecified atom stereocenters. The number of benzene rings is 1. The summed E-state index contributed by atoms with van der Waals surface area (Å²) >= 11 is 0. The van der Waals surface area contributed by atoms with E-state index in [1.54, 1.807) is 7.11 Å². The summed E-state index contributed by atoms with van der Waals surface area (Å²) in [4.78, 5) is 20.1. The van der Waals surface area contributed by atoms with Crippen LogP contribution >= 0.6 is 0 Å². The van der Waals surface area contributed by atoms with E-state index in [4.69, 9.17) is 9.57 Å². The van der Waals surface area contributed by atoms with Crippen molar-refractivity contribution in [3.8, 4) is 5.75 Å². The molecule has 1 heterocycles. The zero-order valence-electron chi connectivity index (χ0n) is 16.0. The van der Waals surface area contributed by atoms with E-state index >= 15 is 0 Å². The molecule has 0 saturated carbocycles. The maximum absolute atomic E-state index is 12.6. The Labute approximate surface area is 151 Å². The molecule has 0 bridgehead atoms. The lowest BCUT2D eigenvalue weighted by Crippen LogP contribution is -2.39. The number of hydrogen-bond donors (Lipinski definition) is 0. The summed E-state index contributed by atoms with van der Waals surface area (Å²) in [7, 11) is 1.65. The lowest BCUT2D eigenvalue weighted by Gasteiger charge is -2.27. The van der Waals surface area contributed by atoms with E-state index in [1.165, 1.54) is 0 Å². The van der Waals surface area contributed by atoms with Crippen molar-refractivity contribution in [1.82, 2.24) is 4.90 Å². The number of carbonyl (C=O) groups excluding carboxylic acids is 1. The van der Waals surface area contributed by atoms with Gasteiger partial charge in [0.2, 0.25) is 5.91 Å². The van der Waals surface area contributed by atoms with Crippen LogP contribution in [0.3, 0.4) is 0 Å². The Bertz CT molecular complexity index is 602. The summed E-state index contributed by atoms with van der Waals surface area (Å²) in [6.45, 7) is 9.70. The number of oxime groups is 1. The Kier molecular flexibility index (Phi) is 6.45. The van der Waals surface area contributed by atoms with Gasteiger partial charge in [0.25, 0.3) is 0 Å². The smallest absolute Gasteiger partial charge is 0.223 e. The van der Waals surface area contributed by atoms with Gasteiger partial charge in [-0.15, -0.1) is 0 Å². The van der Waals surface area contributed by atoms with Gasteiger partial charge in [-0.1, -0.05) is 32.9 Å². The molecule has 0 aromatic heterocycles. The van der Waals surface area contributed by atoms with Crippen LogP contribution in [0, 0.1) is 5.41 Å². The van der Waals surface area contributed by atoms with Gasteiger partial charge in [0.1, 0.15) is 5.75 Å². The van der Waals surface area contributed by atoms with Crippen LogP contribution in [-0.2, 0) is 9.63 Å². The number of carbonyl (C=O) groups is 1. The molecule has 5 nitrogen and oxygen atoms in total. The SMILES string of the molecule is CCCN(CC1CC(c2ccc(OC)cc2)=NO1)C(=O)CC(C)(C)C. The third kappa shape index (κ3) is 5.76. The molecule has 0 N–H and O–H groups in total. The average molecular weight is 346 g/mol. The minimum atomic E-state index is -0.0763. The van der Waals surface area contributed by atoms with Gasteiger partial charge < -0.3 is 14.5 Å². The Morgan fingerprint density at radius 1 is 1.32 bits per heavy atom. The summed E-state index contributed by atoms with van der Waals surface area (Å²) in [6, 6.07) is 7.80. The standard InChI is InChI=1S/C20H30N2O3/c1-6-11-22(19(23)13-20(2,3)4)14-17-12-18(21-25-17)15-7-9-16(24-5)10-8-15/h7-10,17H,6,11-14H2,1-5H3. The van der Waals surface area contributed by atoms with Crippen molar-refractivity contribution in [3.05, 3.63) is 29.8 Å². The molecule has 1 aromatic rings. The fourth-order valence-corrected chi connectivity index (χ4v) is 2.88. The quantitative estimate of drug-likeness (QED) is 0.753. The first-order valence-electron chi connectivity index (χ1n) is 8.97. The van der Waals surface area contributed by atoms with Crippen LogP contribution in [-0.4, -0.2) is 42.8 Å². The molecule has 1 aromatic carbocycles. The van der Waals surface area contributed by atoms with Crippen molar-refractivity contribution in [1.29, 1.82) is 0 Å². The lowest BCUT2D eigenvalue weighted by atomic mass is 9.91. The zero-order chi connectivity index (χ0) is 18.4. The average Bonchev–Trinajstić information content (AvgIpc) is 3.01. The molecule has 1 aliphatic heterocycles. The Balaban J connectivity index is 1.94. The molecule has 1 atom stereocenters. The van der Waals surface area contributed by atoms with Gasteiger partial charge in [-0.2, -0.15) is 0 Å². The second-order valence-electron chi connectivity index (χ2n) is 7.78. The van der Waals surface area contributed by atoms with Crippen LogP contribution in [0.25, 0.3) is 0 Å². The number of nitrogens with zero attached hydrogens (tertiary/aromatic N) is 2. The predicted molar refractivity (Wildman–Crippen MR) is 100.0 cm³/mol. The molecule has 1 aliphatic rings. The molecular weight excluding hydrogens is 316 g/mol. The highest BCUT2D eigenvalue weighted by molar-refractivity contribution is 6.01. The van der Waals surface area contributed by atoms with Gasteiger partial charge in [-0.05, 0) is 41.7 Å². The molecule has 25 heavy (non-hydrogen) atoms. The van der Waals surface area contributed by atoms with Crippen molar-refractivity contribution in [2.24, 2.45) is 10.6 Å². The van der Waals surface area contributed by atoms with Crippen LogP contribution in [0.2, 0.25) is 0 Å². The Hall–Kier alpha value is -2.04. The van der Waals surface area contributed by atoms with Gasteiger partial charge in [-0.25, -0.2) is 0 Å². The third-order valence-electron chi connectivity index (χ3n) is 4.11. The minimum Gasteiger partial charge on any atom is -0.497 e. The zero-order valence-corrected chi connectivity index (χ0v) is 16.0. The maximum Gasteiger partial charge on any atom is 0.223 e. The number of rotatable bonds is 7. The second kappa shape index (κ2) is 8.37. The number of methoxy groups -OCH3 is 1. The molecule has 138 valence electrons. The van der Waals surface area contributed by atoms with E-state index in [0.717, 1.165) is 36.4 Å². The second-order valence-corrected chi connectivity index (χ2v) is 7.78. The van der Waals surface area contributed by atoms with Gasteiger partial charge in [0, 0.05) is 19.4 Å². The Morgan fingerprint density at radius 2 is 2.00 bits per heavy atom. The van der Waals surface area contributed by atoms with Crippen LogP contribution in [0.5, 0.6) is 5.75 Å². The summed E-state index contributed by atoms with van der Waals surface area (Å²) in [6.07, 6.45) is 2.13. The first kappa shape index (κ1) is 19.3. The van der Waals surface area contributed by atoms with Crippen molar-refractivity contribution in [2.45, 2.75) is 53.1 Å². The predicted octanol–water partition coefficient (Wildman–Crippen LogP) is 3.86. The van der Waals surface area contributed by atoms with Gasteiger partial charge in [0.15, 0.2) is 6.10 Å². The van der Waals surface area contributed by atoms with E-state index in [-0.39, 0.29) is 17.4 Å². The lowest BCUT2D eigenvalue weighted by molar-refractivity contribution is -0.134. The fourth-order valence-electron chi connectivity index (χ4n) is 2.88. The summed E-state index contributed by atoms with van der Waals surface area (Å²) < 4.78 is 5.18. The first-order valence-corrected chi connectivity index (χ1v) is 8.97. The summed E-state index contributed by atoms with van der Waals surface area (Å²) in [5.74, 6) is 1.01. The van der Waals surface area contributed by atoms with Crippen molar-refractivity contribution in [2.75, 3.05) is 20.2 Å². The minimum absolute atomic E-state index is 0.00956. The van der Waals surface area contributed by atoms with Crippen molar-refractivity contribution in [3.63, 3.8) is 0 Å². The highest BCUT2D eigenvalue weighted by atomic mass is 16.6. The topological polar surface area (TPSA) is 51.1 Å². The van der Waals surface area contributed by atoms with E-state index in [0.29, 0.717) is 13.0 Å². The summed E-state index contributed by atoms with van der Waals surface area (Å²) in [5, 5.41) is 4.23.